The van der Waals surface area contributed by atoms with Gasteiger partial charge >= 0.3 is 0 Å². The van der Waals surface area contributed by atoms with Crippen molar-refractivity contribution in [2.45, 2.75) is 19.3 Å². The molecule has 7 heteroatoms. The fourth-order valence-corrected chi connectivity index (χ4v) is 2.58. The molecular formula is C19H21NO6. The molecule has 138 valence electrons. The van der Waals surface area contributed by atoms with Crippen molar-refractivity contribution in [3.63, 3.8) is 0 Å². The fourth-order valence-electron chi connectivity index (χ4n) is 2.58. The number of aryl methyl sites for hydroxylation is 1. The SMILES string of the molecule is C=CCNC(=O)C[C@H](c1ccc(O)c(OC)c1)c1oc(C)cc(=O)c1O. The van der Waals surface area contributed by atoms with Gasteiger partial charge in [-0.15, -0.1) is 6.58 Å². The van der Waals surface area contributed by atoms with Gasteiger partial charge in [-0.2, -0.15) is 0 Å². The van der Waals surface area contributed by atoms with Gasteiger partial charge in [0.05, 0.1) is 13.0 Å². The number of phenolic OH excluding ortho intramolecular Hbond substituents is 1. The highest BCUT2D eigenvalue weighted by atomic mass is 16.5. The monoisotopic (exact) mass is 359 g/mol. The van der Waals surface area contributed by atoms with Crippen LogP contribution in [0.4, 0.5) is 0 Å². The summed E-state index contributed by atoms with van der Waals surface area (Å²) in [7, 11) is 1.40. The number of amides is 1. The van der Waals surface area contributed by atoms with Gasteiger partial charge in [-0.3, -0.25) is 9.59 Å². The quantitative estimate of drug-likeness (QED) is 0.654. The molecule has 0 saturated heterocycles. The largest absolute Gasteiger partial charge is 0.504 e. The van der Waals surface area contributed by atoms with Gasteiger partial charge < -0.3 is 24.7 Å². The van der Waals surface area contributed by atoms with Gasteiger partial charge in [-0.1, -0.05) is 12.1 Å². The van der Waals surface area contributed by atoms with Crippen molar-refractivity contribution in [3.8, 4) is 17.2 Å². The van der Waals surface area contributed by atoms with Crippen LogP contribution in [0.1, 0.15) is 29.4 Å². The standard InChI is InChI=1S/C19H21NO6/c1-4-7-20-17(23)10-13(12-5-6-14(21)16(9-12)25-3)19-18(24)15(22)8-11(2)26-19/h4-6,8-9,13,21,24H,1,7,10H2,2-3H3,(H,20,23)/t13-/m1/s1. The summed E-state index contributed by atoms with van der Waals surface area (Å²) in [5, 5.41) is 22.6. The van der Waals surface area contributed by atoms with Crippen LogP contribution in [-0.4, -0.2) is 29.8 Å². The Morgan fingerprint density at radius 3 is 2.77 bits per heavy atom. The Balaban J connectivity index is 2.54. The molecule has 0 bridgehead atoms. The molecule has 0 spiro atoms. The van der Waals surface area contributed by atoms with E-state index < -0.39 is 17.1 Å². The number of methoxy groups -OCH3 is 1. The van der Waals surface area contributed by atoms with Crippen LogP contribution in [0.25, 0.3) is 0 Å². The second-order valence-corrected chi connectivity index (χ2v) is 5.71. The van der Waals surface area contributed by atoms with E-state index in [1.807, 2.05) is 0 Å². The van der Waals surface area contributed by atoms with E-state index in [0.717, 1.165) is 0 Å². The Labute approximate surface area is 150 Å². The summed E-state index contributed by atoms with van der Waals surface area (Å²) in [6, 6.07) is 5.69. The van der Waals surface area contributed by atoms with Gasteiger partial charge in [0.2, 0.25) is 17.1 Å². The summed E-state index contributed by atoms with van der Waals surface area (Å²) in [4.78, 5) is 24.2. The highest BCUT2D eigenvalue weighted by Gasteiger charge is 2.26. The summed E-state index contributed by atoms with van der Waals surface area (Å²) in [6.45, 7) is 5.40. The molecule has 0 aliphatic heterocycles. The third-order valence-corrected chi connectivity index (χ3v) is 3.83. The molecule has 0 aliphatic rings. The van der Waals surface area contributed by atoms with Crippen LogP contribution in [0.3, 0.4) is 0 Å². The van der Waals surface area contributed by atoms with E-state index in [9.17, 15) is 19.8 Å². The third kappa shape index (κ3) is 4.24. The van der Waals surface area contributed by atoms with Gasteiger partial charge in [0.25, 0.3) is 0 Å². The summed E-state index contributed by atoms with van der Waals surface area (Å²) < 4.78 is 10.7. The van der Waals surface area contributed by atoms with Gasteiger partial charge in [0, 0.05) is 19.0 Å². The number of ether oxygens (including phenoxy) is 1. The van der Waals surface area contributed by atoms with Crippen LogP contribution in [0.15, 0.2) is 46.1 Å². The average Bonchev–Trinajstić information content (AvgIpc) is 2.61. The molecule has 1 heterocycles. The Morgan fingerprint density at radius 1 is 1.38 bits per heavy atom. The van der Waals surface area contributed by atoms with E-state index in [2.05, 4.69) is 11.9 Å². The first-order valence-electron chi connectivity index (χ1n) is 7.95. The Bertz CT molecular complexity index is 871. The average molecular weight is 359 g/mol. The van der Waals surface area contributed by atoms with Crippen molar-refractivity contribution in [2.75, 3.05) is 13.7 Å². The van der Waals surface area contributed by atoms with Crippen molar-refractivity contribution < 1.29 is 24.2 Å². The van der Waals surface area contributed by atoms with Gasteiger partial charge in [-0.25, -0.2) is 0 Å². The minimum Gasteiger partial charge on any atom is -0.504 e. The topological polar surface area (TPSA) is 109 Å². The lowest BCUT2D eigenvalue weighted by Gasteiger charge is -2.18. The molecule has 3 N–H and O–H groups in total. The maximum atomic E-state index is 12.2. The van der Waals surface area contributed by atoms with E-state index in [1.165, 1.54) is 25.3 Å². The summed E-state index contributed by atoms with van der Waals surface area (Å²) >= 11 is 0. The van der Waals surface area contributed by atoms with Crippen molar-refractivity contribution in [2.24, 2.45) is 0 Å². The lowest BCUT2D eigenvalue weighted by Crippen LogP contribution is -2.25. The van der Waals surface area contributed by atoms with E-state index in [-0.39, 0.29) is 36.1 Å². The summed E-state index contributed by atoms with van der Waals surface area (Å²) in [5.74, 6) is -1.19. The van der Waals surface area contributed by atoms with Crippen LogP contribution in [0.2, 0.25) is 0 Å². The number of phenols is 1. The molecule has 0 aliphatic carbocycles. The first-order valence-corrected chi connectivity index (χ1v) is 7.95. The zero-order chi connectivity index (χ0) is 19.3. The lowest BCUT2D eigenvalue weighted by molar-refractivity contribution is -0.121. The zero-order valence-corrected chi connectivity index (χ0v) is 14.6. The molecule has 0 radical (unpaired) electrons. The second-order valence-electron chi connectivity index (χ2n) is 5.71. The van der Waals surface area contributed by atoms with Crippen LogP contribution in [0.5, 0.6) is 17.2 Å². The highest BCUT2D eigenvalue weighted by Crippen LogP contribution is 2.37. The highest BCUT2D eigenvalue weighted by molar-refractivity contribution is 5.77. The number of rotatable bonds is 7. The molecule has 0 fully saturated rings. The molecule has 2 aromatic rings. The lowest BCUT2D eigenvalue weighted by atomic mass is 9.91. The normalized spacial score (nSPS) is 11.6. The van der Waals surface area contributed by atoms with Crippen LogP contribution >= 0.6 is 0 Å². The fraction of sp³-hybridized carbons (Fsp3) is 0.263. The van der Waals surface area contributed by atoms with Crippen LogP contribution < -0.4 is 15.5 Å². The van der Waals surface area contributed by atoms with E-state index in [0.29, 0.717) is 11.3 Å². The van der Waals surface area contributed by atoms with Crippen LogP contribution in [0, 0.1) is 6.92 Å². The predicted octanol–water partition coefficient (Wildman–Crippen LogP) is 2.19. The minimum absolute atomic E-state index is 0.0171. The van der Waals surface area contributed by atoms with Gasteiger partial charge in [-0.05, 0) is 24.6 Å². The number of nitrogens with one attached hydrogen (secondary N) is 1. The molecule has 0 saturated carbocycles. The molecule has 1 atom stereocenters. The molecule has 0 unspecified atom stereocenters. The number of aromatic hydroxyl groups is 2. The van der Waals surface area contributed by atoms with Gasteiger partial charge in [0.15, 0.2) is 17.3 Å². The number of hydrogen-bond donors (Lipinski definition) is 3. The zero-order valence-electron chi connectivity index (χ0n) is 14.6. The van der Waals surface area contributed by atoms with Gasteiger partial charge in [0.1, 0.15) is 5.76 Å². The summed E-state index contributed by atoms with van der Waals surface area (Å²) in [5.41, 5.74) is -0.0524. The smallest absolute Gasteiger partial charge is 0.227 e. The third-order valence-electron chi connectivity index (χ3n) is 3.83. The molecule has 2 rings (SSSR count). The maximum absolute atomic E-state index is 12.2. The van der Waals surface area contributed by atoms with Crippen molar-refractivity contribution in [3.05, 3.63) is 64.2 Å². The maximum Gasteiger partial charge on any atom is 0.227 e. The van der Waals surface area contributed by atoms with Crippen molar-refractivity contribution >= 4 is 5.91 Å². The number of carbonyl (C=O) groups is 1. The van der Waals surface area contributed by atoms with E-state index in [4.69, 9.17) is 9.15 Å². The van der Waals surface area contributed by atoms with Crippen molar-refractivity contribution in [1.82, 2.24) is 5.32 Å². The molecule has 1 aromatic heterocycles. The Hall–Kier alpha value is -3.22. The number of carbonyl (C=O) groups excluding carboxylic acids is 1. The van der Waals surface area contributed by atoms with Crippen LogP contribution in [-0.2, 0) is 4.79 Å². The molecule has 1 aromatic carbocycles. The molecular weight excluding hydrogens is 338 g/mol. The Morgan fingerprint density at radius 2 is 2.12 bits per heavy atom. The Kier molecular flexibility index (Phi) is 6.06. The first-order chi connectivity index (χ1) is 12.4. The second kappa shape index (κ2) is 8.24. The molecule has 26 heavy (non-hydrogen) atoms. The van der Waals surface area contributed by atoms with E-state index >= 15 is 0 Å². The molecule has 1 amide bonds. The van der Waals surface area contributed by atoms with E-state index in [1.54, 1.807) is 19.1 Å². The first kappa shape index (κ1) is 19.1. The van der Waals surface area contributed by atoms with Crippen molar-refractivity contribution in [1.29, 1.82) is 0 Å². The summed E-state index contributed by atoms with van der Waals surface area (Å²) in [6.07, 6.45) is 1.46. The minimum atomic E-state index is -0.748. The predicted molar refractivity (Wildman–Crippen MR) is 95.7 cm³/mol. The number of benzene rings is 1. The number of hydrogen-bond acceptors (Lipinski definition) is 6. The molecule has 7 nitrogen and oxygen atoms in total.